The van der Waals surface area contributed by atoms with Crippen molar-refractivity contribution in [3.05, 3.63) is 66.6 Å². The molecule has 0 amide bonds. The second-order valence-electron chi connectivity index (χ2n) is 6.85. The summed E-state index contributed by atoms with van der Waals surface area (Å²) in [4.78, 5) is 8.75. The van der Waals surface area contributed by atoms with Gasteiger partial charge in [0.1, 0.15) is 17.9 Å². The number of nitrogens with one attached hydrogen (secondary N) is 3. The van der Waals surface area contributed by atoms with E-state index in [0.29, 0.717) is 11.5 Å². The summed E-state index contributed by atoms with van der Waals surface area (Å²) in [5.74, 6) is 1.35. The van der Waals surface area contributed by atoms with Crippen molar-refractivity contribution in [3.8, 4) is 28.3 Å². The van der Waals surface area contributed by atoms with Gasteiger partial charge in [-0.3, -0.25) is 10.2 Å². The highest BCUT2D eigenvalue weighted by atomic mass is 16.5. The van der Waals surface area contributed by atoms with Gasteiger partial charge in [0, 0.05) is 6.20 Å². The summed E-state index contributed by atoms with van der Waals surface area (Å²) in [6, 6.07) is 16.2. The molecule has 148 valence electrons. The van der Waals surface area contributed by atoms with E-state index in [9.17, 15) is 0 Å². The Hall–Kier alpha value is -4.20. The van der Waals surface area contributed by atoms with E-state index in [1.807, 2.05) is 30.3 Å². The van der Waals surface area contributed by atoms with Crippen molar-refractivity contribution in [3.63, 3.8) is 0 Å². The summed E-state index contributed by atoms with van der Waals surface area (Å²) in [5, 5.41) is 18.5. The first kappa shape index (κ1) is 17.9. The van der Waals surface area contributed by atoms with E-state index < -0.39 is 0 Å². The van der Waals surface area contributed by atoms with Crippen molar-refractivity contribution >= 4 is 22.5 Å². The van der Waals surface area contributed by atoms with Crippen LogP contribution in [0.15, 0.2) is 61.1 Å². The zero-order valence-electron chi connectivity index (χ0n) is 16.5. The van der Waals surface area contributed by atoms with E-state index in [-0.39, 0.29) is 0 Å². The fourth-order valence-electron chi connectivity index (χ4n) is 3.55. The summed E-state index contributed by atoms with van der Waals surface area (Å²) < 4.78 is 5.64. The number of H-pyrrole nitrogens is 2. The molecule has 5 rings (SSSR count). The molecular weight excluding hydrogens is 378 g/mol. The minimum Gasteiger partial charge on any atom is -0.495 e. The van der Waals surface area contributed by atoms with Gasteiger partial charge in [0.05, 0.1) is 29.6 Å². The van der Waals surface area contributed by atoms with Crippen molar-refractivity contribution in [2.45, 2.75) is 6.92 Å². The van der Waals surface area contributed by atoms with Crippen LogP contribution in [0.3, 0.4) is 0 Å². The molecule has 0 saturated heterocycles. The molecule has 8 heteroatoms. The molecule has 0 atom stereocenters. The largest absolute Gasteiger partial charge is 0.495 e. The SMILES string of the molecule is COc1cc(C)c(-c2ccccc2)cc1Nc1ncnc2n[nH]c(-c3ccn[nH]3)c12. The van der Waals surface area contributed by atoms with Gasteiger partial charge in [-0.2, -0.15) is 10.2 Å². The lowest BCUT2D eigenvalue weighted by molar-refractivity contribution is 0.416. The molecule has 2 aromatic carbocycles. The number of methoxy groups -OCH3 is 1. The second-order valence-corrected chi connectivity index (χ2v) is 6.85. The first-order valence-electron chi connectivity index (χ1n) is 9.44. The van der Waals surface area contributed by atoms with Gasteiger partial charge in [-0.25, -0.2) is 9.97 Å². The number of rotatable bonds is 5. The molecule has 0 bridgehead atoms. The highest BCUT2D eigenvalue weighted by Gasteiger charge is 2.17. The lowest BCUT2D eigenvalue weighted by Crippen LogP contribution is -2.00. The maximum atomic E-state index is 5.64. The number of anilines is 2. The third kappa shape index (κ3) is 3.04. The Kier molecular flexibility index (Phi) is 4.36. The van der Waals surface area contributed by atoms with Gasteiger partial charge in [0.15, 0.2) is 5.65 Å². The maximum absolute atomic E-state index is 5.64. The van der Waals surface area contributed by atoms with Crippen LogP contribution in [-0.2, 0) is 0 Å². The minimum atomic E-state index is 0.562. The quantitative estimate of drug-likeness (QED) is 0.404. The molecule has 0 radical (unpaired) electrons. The minimum absolute atomic E-state index is 0.562. The Labute approximate surface area is 172 Å². The maximum Gasteiger partial charge on any atom is 0.186 e. The number of aromatic amines is 2. The van der Waals surface area contributed by atoms with Crippen molar-refractivity contribution in [1.82, 2.24) is 30.4 Å². The highest BCUT2D eigenvalue weighted by Crippen LogP contribution is 2.37. The van der Waals surface area contributed by atoms with Gasteiger partial charge in [0.2, 0.25) is 0 Å². The van der Waals surface area contributed by atoms with E-state index in [4.69, 9.17) is 4.74 Å². The summed E-state index contributed by atoms with van der Waals surface area (Å²) in [6.07, 6.45) is 3.18. The molecule has 0 aliphatic carbocycles. The van der Waals surface area contributed by atoms with Crippen LogP contribution in [0.25, 0.3) is 33.5 Å². The predicted octanol–water partition coefficient (Wildman–Crippen LogP) is 4.47. The average Bonchev–Trinajstić information content (AvgIpc) is 3.45. The average molecular weight is 397 g/mol. The van der Waals surface area contributed by atoms with Crippen LogP contribution in [0.1, 0.15) is 5.56 Å². The van der Waals surface area contributed by atoms with Crippen LogP contribution in [0.4, 0.5) is 11.5 Å². The van der Waals surface area contributed by atoms with Crippen LogP contribution in [-0.4, -0.2) is 37.5 Å². The zero-order valence-corrected chi connectivity index (χ0v) is 16.5. The fraction of sp³-hybridized carbons (Fsp3) is 0.0909. The summed E-state index contributed by atoms with van der Waals surface area (Å²) >= 11 is 0. The molecular formula is C22H19N7O. The van der Waals surface area contributed by atoms with Gasteiger partial charge in [0.25, 0.3) is 0 Å². The number of hydrogen-bond donors (Lipinski definition) is 3. The Bertz CT molecular complexity index is 1310. The van der Waals surface area contributed by atoms with Gasteiger partial charge in [-0.1, -0.05) is 30.3 Å². The summed E-state index contributed by atoms with van der Waals surface area (Å²) in [7, 11) is 1.66. The Morgan fingerprint density at radius 3 is 2.63 bits per heavy atom. The van der Waals surface area contributed by atoms with E-state index in [1.165, 1.54) is 6.33 Å². The molecule has 0 saturated carbocycles. The number of ether oxygens (including phenoxy) is 1. The van der Waals surface area contributed by atoms with Crippen LogP contribution in [0, 0.1) is 6.92 Å². The number of nitrogens with zero attached hydrogens (tertiary/aromatic N) is 4. The van der Waals surface area contributed by atoms with Crippen molar-refractivity contribution in [1.29, 1.82) is 0 Å². The Morgan fingerprint density at radius 2 is 1.87 bits per heavy atom. The first-order valence-corrected chi connectivity index (χ1v) is 9.44. The van der Waals surface area contributed by atoms with Gasteiger partial charge in [-0.15, -0.1) is 0 Å². The number of aryl methyl sites for hydroxylation is 1. The molecule has 3 heterocycles. The van der Waals surface area contributed by atoms with Crippen LogP contribution < -0.4 is 10.1 Å². The molecule has 5 aromatic rings. The van der Waals surface area contributed by atoms with E-state index in [0.717, 1.165) is 44.9 Å². The number of hydrogen-bond acceptors (Lipinski definition) is 6. The fourth-order valence-corrected chi connectivity index (χ4v) is 3.55. The van der Waals surface area contributed by atoms with E-state index in [1.54, 1.807) is 13.3 Å². The van der Waals surface area contributed by atoms with E-state index in [2.05, 4.69) is 60.8 Å². The second kappa shape index (κ2) is 7.32. The third-order valence-electron chi connectivity index (χ3n) is 5.01. The molecule has 8 nitrogen and oxygen atoms in total. The Balaban J connectivity index is 1.64. The third-order valence-corrected chi connectivity index (χ3v) is 5.01. The molecule has 30 heavy (non-hydrogen) atoms. The highest BCUT2D eigenvalue weighted by molar-refractivity contribution is 5.99. The smallest absolute Gasteiger partial charge is 0.186 e. The molecule has 0 unspecified atom stereocenters. The van der Waals surface area contributed by atoms with E-state index >= 15 is 0 Å². The topological polar surface area (TPSA) is 104 Å². The standard InChI is InChI=1S/C22H19N7O/c1-13-10-18(30-2)17(11-15(13)14-6-4-3-5-7-14)26-21-19-20(16-8-9-25-27-16)28-29-22(19)24-12-23-21/h3-12H,1-2H3,(H,25,27)(H2,23,24,26,28,29). The molecule has 3 aromatic heterocycles. The van der Waals surface area contributed by atoms with Crippen molar-refractivity contribution in [2.75, 3.05) is 12.4 Å². The molecule has 3 N–H and O–H groups in total. The normalized spacial score (nSPS) is 11.0. The van der Waals surface area contributed by atoms with Crippen LogP contribution in [0.5, 0.6) is 5.75 Å². The van der Waals surface area contributed by atoms with Crippen molar-refractivity contribution < 1.29 is 4.74 Å². The first-order chi connectivity index (χ1) is 14.7. The molecule has 0 spiro atoms. The van der Waals surface area contributed by atoms with Crippen LogP contribution in [0.2, 0.25) is 0 Å². The molecule has 0 aliphatic rings. The number of fused-ring (bicyclic) bond motifs is 1. The van der Waals surface area contributed by atoms with Crippen LogP contribution >= 0.6 is 0 Å². The lowest BCUT2D eigenvalue weighted by atomic mass is 9.99. The molecule has 0 fully saturated rings. The van der Waals surface area contributed by atoms with Gasteiger partial charge >= 0.3 is 0 Å². The van der Waals surface area contributed by atoms with Gasteiger partial charge < -0.3 is 10.1 Å². The monoisotopic (exact) mass is 397 g/mol. The van der Waals surface area contributed by atoms with Crippen molar-refractivity contribution in [2.24, 2.45) is 0 Å². The summed E-state index contributed by atoms with van der Waals surface area (Å²) in [5.41, 5.74) is 6.31. The molecule has 0 aliphatic heterocycles. The number of benzene rings is 2. The number of aromatic nitrogens is 6. The Morgan fingerprint density at radius 1 is 1.00 bits per heavy atom. The lowest BCUT2D eigenvalue weighted by Gasteiger charge is -2.15. The summed E-state index contributed by atoms with van der Waals surface area (Å²) in [6.45, 7) is 2.07. The van der Waals surface area contributed by atoms with Gasteiger partial charge in [-0.05, 0) is 41.8 Å². The predicted molar refractivity (Wildman–Crippen MR) is 116 cm³/mol. The zero-order chi connectivity index (χ0) is 20.5.